The fraction of sp³-hybridized carbons (Fsp3) is 0.714. The summed E-state index contributed by atoms with van der Waals surface area (Å²) in [5.41, 5.74) is 0. The Morgan fingerprint density at radius 3 is 2.50 bits per heavy atom. The summed E-state index contributed by atoms with van der Waals surface area (Å²) in [7, 11) is 0. The molecule has 8 heavy (non-hydrogen) atoms. The van der Waals surface area contributed by atoms with E-state index in [4.69, 9.17) is 0 Å². The molecule has 48 valence electrons. The van der Waals surface area contributed by atoms with Gasteiger partial charge in [0, 0.05) is 0 Å². The largest absolute Gasteiger partial charge is 0.412 e. The fourth-order valence-corrected chi connectivity index (χ4v) is 0.982. The Balaban J connectivity index is 0.000000490. The molecule has 1 unspecified atom stereocenters. The molecular weight excluding hydrogens is 100 g/mol. The van der Waals surface area contributed by atoms with Crippen LogP contribution in [0.25, 0.3) is 0 Å². The van der Waals surface area contributed by atoms with Crippen molar-refractivity contribution in [1.82, 2.24) is 0 Å². The zero-order chi connectivity index (χ0) is 5.11. The van der Waals surface area contributed by atoms with E-state index in [1.807, 2.05) is 0 Å². The monoisotopic (exact) mass is 114 g/mol. The highest BCUT2D eigenvalue weighted by Crippen LogP contribution is 2.14. The summed E-state index contributed by atoms with van der Waals surface area (Å²) in [6.07, 6.45) is 8.70. The van der Waals surface area contributed by atoms with Gasteiger partial charge in [-0.3, -0.25) is 0 Å². The third-order valence-corrected chi connectivity index (χ3v) is 1.49. The van der Waals surface area contributed by atoms with E-state index in [0.717, 1.165) is 5.92 Å². The molecule has 0 bridgehead atoms. The van der Waals surface area contributed by atoms with Crippen molar-refractivity contribution in [3.63, 3.8) is 0 Å². The minimum Gasteiger partial charge on any atom is -0.412 e. The van der Waals surface area contributed by atoms with Gasteiger partial charge in [0.2, 0.25) is 0 Å². The van der Waals surface area contributed by atoms with Crippen LogP contribution in [0.1, 0.15) is 26.2 Å². The Labute approximate surface area is 50.7 Å². The zero-order valence-corrected chi connectivity index (χ0v) is 5.35. The number of hydrogen-bond donors (Lipinski definition) is 0. The molecule has 0 aromatic rings. The number of allylic oxidation sites excluding steroid dienone is 2. The van der Waals surface area contributed by atoms with Gasteiger partial charge in [-0.25, -0.2) is 0 Å². The summed E-state index contributed by atoms with van der Waals surface area (Å²) in [5.74, 6) is 0.855. The van der Waals surface area contributed by atoms with E-state index in [-0.39, 0.29) is 5.48 Å². The first-order chi connectivity index (χ1) is 3.39. The first kappa shape index (κ1) is 7.70. The topological polar surface area (TPSA) is 31.5 Å². The second-order valence-electron chi connectivity index (χ2n) is 2.34. The Morgan fingerprint density at radius 1 is 1.50 bits per heavy atom. The van der Waals surface area contributed by atoms with E-state index in [9.17, 15) is 0 Å². The van der Waals surface area contributed by atoms with Crippen LogP contribution in [0.4, 0.5) is 0 Å². The number of hydrogen-bond acceptors (Lipinski definition) is 0. The van der Waals surface area contributed by atoms with Crippen molar-refractivity contribution < 1.29 is 5.48 Å². The maximum atomic E-state index is 2.31. The van der Waals surface area contributed by atoms with E-state index < -0.39 is 0 Å². The van der Waals surface area contributed by atoms with Gasteiger partial charge in [0.1, 0.15) is 0 Å². The third-order valence-electron chi connectivity index (χ3n) is 1.49. The van der Waals surface area contributed by atoms with Gasteiger partial charge in [0.15, 0.2) is 0 Å². The lowest BCUT2D eigenvalue weighted by molar-refractivity contribution is 0.584. The number of rotatable bonds is 0. The lowest BCUT2D eigenvalue weighted by Gasteiger charge is -2.08. The highest BCUT2D eigenvalue weighted by Gasteiger charge is 1.98. The third kappa shape index (κ3) is 2.12. The highest BCUT2D eigenvalue weighted by molar-refractivity contribution is 4.90. The lowest BCUT2D eigenvalue weighted by Crippen LogP contribution is -1.92. The summed E-state index contributed by atoms with van der Waals surface area (Å²) in [4.78, 5) is 0. The van der Waals surface area contributed by atoms with Crippen LogP contribution in [-0.2, 0) is 0 Å². The molecule has 0 aliphatic heterocycles. The average molecular weight is 114 g/mol. The molecule has 2 N–H and O–H groups in total. The Kier molecular flexibility index (Phi) is 3.53. The van der Waals surface area contributed by atoms with Gasteiger partial charge in [0.25, 0.3) is 0 Å². The fourth-order valence-electron chi connectivity index (χ4n) is 0.982. The van der Waals surface area contributed by atoms with Crippen molar-refractivity contribution in [3.8, 4) is 0 Å². The van der Waals surface area contributed by atoms with Gasteiger partial charge in [-0.1, -0.05) is 19.1 Å². The van der Waals surface area contributed by atoms with Gasteiger partial charge in [-0.05, 0) is 25.2 Å². The SMILES string of the molecule is CC1C=CCCC1.O. The minimum atomic E-state index is 0. The molecule has 0 aromatic heterocycles. The highest BCUT2D eigenvalue weighted by atomic mass is 16.0. The van der Waals surface area contributed by atoms with Crippen LogP contribution < -0.4 is 0 Å². The van der Waals surface area contributed by atoms with E-state index >= 15 is 0 Å². The van der Waals surface area contributed by atoms with Crippen LogP contribution in [0, 0.1) is 5.92 Å². The molecule has 0 spiro atoms. The van der Waals surface area contributed by atoms with Crippen LogP contribution in [0.3, 0.4) is 0 Å². The predicted octanol–water partition coefficient (Wildman–Crippen LogP) is 1.54. The first-order valence-electron chi connectivity index (χ1n) is 3.06. The molecule has 0 amide bonds. The Morgan fingerprint density at radius 2 is 2.25 bits per heavy atom. The van der Waals surface area contributed by atoms with Crippen LogP contribution in [-0.4, -0.2) is 5.48 Å². The average Bonchev–Trinajstić information content (AvgIpc) is 1.69. The standard InChI is InChI=1S/C7H12.H2O/c1-7-5-3-2-4-6-7;/h3,5,7H,2,4,6H2,1H3;1H2. The normalized spacial score (nSPS) is 26.9. The molecule has 1 aliphatic carbocycles. The van der Waals surface area contributed by atoms with Gasteiger partial charge in [-0.15, -0.1) is 0 Å². The molecule has 1 rings (SSSR count). The Hall–Kier alpha value is -0.300. The van der Waals surface area contributed by atoms with E-state index in [1.165, 1.54) is 19.3 Å². The summed E-state index contributed by atoms with van der Waals surface area (Å²) in [6.45, 7) is 2.27. The molecule has 0 saturated carbocycles. The van der Waals surface area contributed by atoms with Crippen LogP contribution in [0.15, 0.2) is 12.2 Å². The maximum Gasteiger partial charge on any atom is -0.0262 e. The molecule has 0 radical (unpaired) electrons. The van der Waals surface area contributed by atoms with Crippen molar-refractivity contribution in [2.75, 3.05) is 0 Å². The second-order valence-corrected chi connectivity index (χ2v) is 2.34. The van der Waals surface area contributed by atoms with Crippen LogP contribution >= 0.6 is 0 Å². The molecular formula is C7H14O. The summed E-state index contributed by atoms with van der Waals surface area (Å²) < 4.78 is 0. The van der Waals surface area contributed by atoms with Crippen LogP contribution in [0.2, 0.25) is 0 Å². The van der Waals surface area contributed by atoms with Gasteiger partial charge >= 0.3 is 0 Å². The van der Waals surface area contributed by atoms with E-state index in [0.29, 0.717) is 0 Å². The Bertz CT molecular complexity index is 76.5. The van der Waals surface area contributed by atoms with Gasteiger partial charge in [0.05, 0.1) is 0 Å². The summed E-state index contributed by atoms with van der Waals surface area (Å²) in [5, 5.41) is 0. The van der Waals surface area contributed by atoms with Crippen molar-refractivity contribution >= 4 is 0 Å². The quantitative estimate of drug-likeness (QED) is 0.428. The van der Waals surface area contributed by atoms with Crippen molar-refractivity contribution in [2.24, 2.45) is 5.92 Å². The maximum absolute atomic E-state index is 2.31. The van der Waals surface area contributed by atoms with Crippen molar-refractivity contribution in [3.05, 3.63) is 12.2 Å². The zero-order valence-electron chi connectivity index (χ0n) is 5.35. The van der Waals surface area contributed by atoms with Gasteiger partial charge < -0.3 is 5.48 Å². The van der Waals surface area contributed by atoms with Crippen molar-refractivity contribution in [1.29, 1.82) is 0 Å². The molecule has 0 heterocycles. The molecule has 1 nitrogen and oxygen atoms in total. The lowest BCUT2D eigenvalue weighted by atomic mass is 9.98. The van der Waals surface area contributed by atoms with Gasteiger partial charge in [-0.2, -0.15) is 0 Å². The van der Waals surface area contributed by atoms with Crippen LogP contribution in [0.5, 0.6) is 0 Å². The molecule has 0 saturated heterocycles. The molecule has 0 fully saturated rings. The predicted molar refractivity (Wildman–Crippen MR) is 35.8 cm³/mol. The van der Waals surface area contributed by atoms with E-state index in [1.54, 1.807) is 0 Å². The minimum absolute atomic E-state index is 0. The first-order valence-corrected chi connectivity index (χ1v) is 3.06. The second kappa shape index (κ2) is 3.67. The molecule has 1 aliphatic rings. The van der Waals surface area contributed by atoms with E-state index in [2.05, 4.69) is 19.1 Å². The molecule has 0 aromatic carbocycles. The molecule has 1 heteroatoms. The summed E-state index contributed by atoms with van der Waals surface area (Å²) >= 11 is 0. The smallest absolute Gasteiger partial charge is 0.0262 e. The van der Waals surface area contributed by atoms with Crippen molar-refractivity contribution in [2.45, 2.75) is 26.2 Å². The molecule has 1 atom stereocenters. The summed E-state index contributed by atoms with van der Waals surface area (Å²) in [6, 6.07) is 0.